The van der Waals surface area contributed by atoms with E-state index in [9.17, 15) is 0 Å². The molecule has 0 amide bonds. The zero-order chi connectivity index (χ0) is 34.9. The van der Waals surface area contributed by atoms with Crippen molar-refractivity contribution in [1.82, 2.24) is 0 Å². The maximum atomic E-state index is 6.40. The van der Waals surface area contributed by atoms with Gasteiger partial charge in [-0.05, 0) is 112 Å². The predicted molar refractivity (Wildman–Crippen MR) is 225 cm³/mol. The Kier molecular flexibility index (Phi) is 6.62. The molecule has 11 aromatic rings. The molecule has 53 heavy (non-hydrogen) atoms. The highest BCUT2D eigenvalue weighted by atomic mass is 16.3. The highest BCUT2D eigenvalue weighted by molar-refractivity contribution is 6.22. The number of furan rings is 1. The lowest BCUT2D eigenvalue weighted by Crippen LogP contribution is -1.91. The zero-order valence-electron chi connectivity index (χ0n) is 28.9. The van der Waals surface area contributed by atoms with Crippen molar-refractivity contribution in [2.24, 2.45) is 0 Å². The summed E-state index contributed by atoms with van der Waals surface area (Å²) in [6, 6.07) is 70.6. The molecule has 0 aliphatic carbocycles. The van der Waals surface area contributed by atoms with Crippen molar-refractivity contribution in [3.8, 4) is 44.5 Å². The summed E-state index contributed by atoms with van der Waals surface area (Å²) < 4.78 is 6.40. The van der Waals surface area contributed by atoms with Gasteiger partial charge in [-0.2, -0.15) is 0 Å². The van der Waals surface area contributed by atoms with Crippen LogP contribution >= 0.6 is 0 Å². The Labute approximate surface area is 307 Å². The van der Waals surface area contributed by atoms with E-state index in [0.717, 1.165) is 21.9 Å². The largest absolute Gasteiger partial charge is 0.456 e. The Morgan fingerprint density at radius 2 is 0.717 bits per heavy atom. The van der Waals surface area contributed by atoms with Gasteiger partial charge >= 0.3 is 0 Å². The molecule has 11 rings (SSSR count). The van der Waals surface area contributed by atoms with E-state index in [2.05, 4.69) is 194 Å². The van der Waals surface area contributed by atoms with Gasteiger partial charge in [0, 0.05) is 10.8 Å². The van der Waals surface area contributed by atoms with E-state index in [0.29, 0.717) is 0 Å². The van der Waals surface area contributed by atoms with E-state index in [1.165, 1.54) is 87.6 Å². The number of hydrogen-bond acceptors (Lipinski definition) is 1. The van der Waals surface area contributed by atoms with Crippen LogP contribution < -0.4 is 0 Å². The van der Waals surface area contributed by atoms with Gasteiger partial charge in [-0.25, -0.2) is 0 Å². The van der Waals surface area contributed by atoms with Crippen LogP contribution in [0.15, 0.2) is 199 Å². The summed E-state index contributed by atoms with van der Waals surface area (Å²) in [5.74, 6) is 0. The van der Waals surface area contributed by atoms with Gasteiger partial charge in [0.25, 0.3) is 0 Å². The SMILES string of the molecule is c1ccc(-c2cccc3ccccc23)c(-c2ccc(-c3c4ccccc4c(-c4ccc5oc6cc7ccccc7cc6c5c4)c4ccccc34)cc2)c1. The van der Waals surface area contributed by atoms with Crippen LogP contribution in [0.3, 0.4) is 0 Å². The monoisotopic (exact) mass is 672 g/mol. The third kappa shape index (κ3) is 4.71. The minimum absolute atomic E-state index is 0.909. The first-order chi connectivity index (χ1) is 26.3. The average Bonchev–Trinajstić information content (AvgIpc) is 3.58. The van der Waals surface area contributed by atoms with Crippen LogP contribution in [0.5, 0.6) is 0 Å². The first-order valence-electron chi connectivity index (χ1n) is 18.3. The van der Waals surface area contributed by atoms with Crippen molar-refractivity contribution in [2.45, 2.75) is 0 Å². The van der Waals surface area contributed by atoms with Crippen LogP contribution in [0.2, 0.25) is 0 Å². The Morgan fingerprint density at radius 3 is 1.42 bits per heavy atom. The molecule has 1 heterocycles. The van der Waals surface area contributed by atoms with Crippen LogP contribution in [0.1, 0.15) is 0 Å². The molecule has 0 N–H and O–H groups in total. The molecular formula is C52H32O. The summed E-state index contributed by atoms with van der Waals surface area (Å²) in [4.78, 5) is 0. The minimum Gasteiger partial charge on any atom is -0.456 e. The number of hydrogen-bond donors (Lipinski definition) is 0. The summed E-state index contributed by atoms with van der Waals surface area (Å²) in [6.07, 6.45) is 0. The molecule has 1 aromatic heterocycles. The average molecular weight is 673 g/mol. The van der Waals surface area contributed by atoms with Crippen LogP contribution in [0.4, 0.5) is 0 Å². The van der Waals surface area contributed by atoms with E-state index in [4.69, 9.17) is 4.42 Å². The molecule has 0 saturated heterocycles. The van der Waals surface area contributed by atoms with Crippen LogP contribution in [-0.4, -0.2) is 0 Å². The Bertz CT molecular complexity index is 3150. The molecule has 10 aromatic carbocycles. The molecule has 1 nitrogen and oxygen atoms in total. The maximum absolute atomic E-state index is 6.40. The lowest BCUT2D eigenvalue weighted by atomic mass is 9.85. The zero-order valence-corrected chi connectivity index (χ0v) is 28.9. The third-order valence-electron chi connectivity index (χ3n) is 11.0. The second-order valence-electron chi connectivity index (χ2n) is 14.0. The third-order valence-corrected chi connectivity index (χ3v) is 11.0. The van der Waals surface area contributed by atoms with Crippen molar-refractivity contribution in [1.29, 1.82) is 0 Å². The van der Waals surface area contributed by atoms with Gasteiger partial charge in [0.1, 0.15) is 11.2 Å². The van der Waals surface area contributed by atoms with Gasteiger partial charge in [-0.15, -0.1) is 0 Å². The van der Waals surface area contributed by atoms with Gasteiger partial charge < -0.3 is 4.42 Å². The first-order valence-corrected chi connectivity index (χ1v) is 18.3. The van der Waals surface area contributed by atoms with Gasteiger partial charge in [0.15, 0.2) is 0 Å². The molecule has 0 radical (unpaired) electrons. The second kappa shape index (κ2) is 11.8. The fourth-order valence-corrected chi connectivity index (χ4v) is 8.61. The smallest absolute Gasteiger partial charge is 0.136 e. The van der Waals surface area contributed by atoms with Crippen molar-refractivity contribution in [2.75, 3.05) is 0 Å². The molecule has 246 valence electrons. The molecule has 1 heteroatoms. The Balaban J connectivity index is 1.08. The highest BCUT2D eigenvalue weighted by Gasteiger charge is 2.19. The van der Waals surface area contributed by atoms with Gasteiger partial charge in [-0.1, -0.05) is 170 Å². The fraction of sp³-hybridized carbons (Fsp3) is 0. The number of fused-ring (bicyclic) bond motifs is 7. The summed E-state index contributed by atoms with van der Waals surface area (Å²) in [5, 5.41) is 12.2. The van der Waals surface area contributed by atoms with Gasteiger partial charge in [0.05, 0.1) is 0 Å². The molecule has 0 unspecified atom stereocenters. The normalized spacial score (nSPS) is 11.8. The molecule has 0 aliphatic rings. The Hall–Kier alpha value is -6.96. The first kappa shape index (κ1) is 29.7. The van der Waals surface area contributed by atoms with Crippen molar-refractivity contribution in [3.05, 3.63) is 194 Å². The molecule has 0 atom stereocenters. The molecule has 0 bridgehead atoms. The lowest BCUT2D eigenvalue weighted by molar-refractivity contribution is 0.669. The topological polar surface area (TPSA) is 13.1 Å². The standard InChI is InChI=1S/C52H32O/c1-2-14-37-32-50-48(30-36(37)13-1)47-31-38(28-29-49(47)53-50)52-45-21-9-7-19-43(45)51(44-20-8-10-22-46(44)52)35-26-24-34(25-27-35)40-17-5-6-18-41(40)42-23-11-15-33-12-3-4-16-39(33)42/h1-32H. The summed E-state index contributed by atoms with van der Waals surface area (Å²) >= 11 is 0. The minimum atomic E-state index is 0.909. The van der Waals surface area contributed by atoms with Crippen LogP contribution in [-0.2, 0) is 0 Å². The van der Waals surface area contributed by atoms with E-state index >= 15 is 0 Å². The van der Waals surface area contributed by atoms with Crippen molar-refractivity contribution < 1.29 is 4.42 Å². The molecule has 0 aliphatic heterocycles. The van der Waals surface area contributed by atoms with E-state index in [1.54, 1.807) is 0 Å². The summed E-state index contributed by atoms with van der Waals surface area (Å²) in [6.45, 7) is 0. The molecule has 0 spiro atoms. The molecule has 0 fully saturated rings. The predicted octanol–water partition coefficient (Wildman–Crippen LogP) is 14.9. The highest BCUT2D eigenvalue weighted by Crippen LogP contribution is 2.45. The van der Waals surface area contributed by atoms with E-state index in [-0.39, 0.29) is 0 Å². The van der Waals surface area contributed by atoms with Crippen LogP contribution in [0.25, 0.3) is 110 Å². The molecular weight excluding hydrogens is 641 g/mol. The van der Waals surface area contributed by atoms with E-state index < -0.39 is 0 Å². The van der Waals surface area contributed by atoms with E-state index in [1.807, 2.05) is 0 Å². The van der Waals surface area contributed by atoms with Gasteiger partial charge in [0.2, 0.25) is 0 Å². The summed E-state index contributed by atoms with van der Waals surface area (Å²) in [5.41, 5.74) is 11.7. The quantitative estimate of drug-likeness (QED) is 0.170. The van der Waals surface area contributed by atoms with Crippen molar-refractivity contribution in [3.63, 3.8) is 0 Å². The Morgan fingerprint density at radius 1 is 0.245 bits per heavy atom. The van der Waals surface area contributed by atoms with Crippen LogP contribution in [0, 0.1) is 0 Å². The summed E-state index contributed by atoms with van der Waals surface area (Å²) in [7, 11) is 0. The maximum Gasteiger partial charge on any atom is 0.136 e. The molecule has 0 saturated carbocycles. The van der Waals surface area contributed by atoms with Crippen molar-refractivity contribution >= 4 is 65.0 Å². The van der Waals surface area contributed by atoms with Gasteiger partial charge in [-0.3, -0.25) is 0 Å². The second-order valence-corrected chi connectivity index (χ2v) is 14.0. The number of benzene rings is 10. The number of rotatable bonds is 4. The fourth-order valence-electron chi connectivity index (χ4n) is 8.61. The lowest BCUT2D eigenvalue weighted by Gasteiger charge is -2.18.